The van der Waals surface area contributed by atoms with Crippen LogP contribution >= 0.6 is 14.7 Å². The van der Waals surface area contributed by atoms with E-state index in [9.17, 15) is 4.57 Å². The molecule has 0 aliphatic rings. The third-order valence-corrected chi connectivity index (χ3v) is 7.33. The van der Waals surface area contributed by atoms with Gasteiger partial charge >= 0.3 is 79.1 Å². The Balaban J connectivity index is 5.15. The Morgan fingerprint density at radius 3 is 1.29 bits per heavy atom. The first kappa shape index (κ1) is 14.4. The van der Waals surface area contributed by atoms with E-state index in [0.29, 0.717) is 0 Å². The van der Waals surface area contributed by atoms with Crippen LogP contribution in [0.3, 0.4) is 0 Å². The van der Waals surface area contributed by atoms with Crippen molar-refractivity contribution in [3.63, 3.8) is 0 Å². The molecule has 6 N–H and O–H groups in total. The Hall–Kier alpha value is 0.380. The van der Waals surface area contributed by atoms with Gasteiger partial charge in [-0.15, -0.1) is 0 Å². The summed E-state index contributed by atoms with van der Waals surface area (Å²) in [7, 11) is -5.00. The Morgan fingerprint density at radius 2 is 1.21 bits per heavy atom. The van der Waals surface area contributed by atoms with Crippen LogP contribution in [-0.2, 0) is 8.88 Å². The molecular formula is C4H14O8P2. The summed E-state index contributed by atoms with van der Waals surface area (Å²) in [5.41, 5.74) is 0. The molecule has 0 saturated heterocycles. The second-order valence-corrected chi connectivity index (χ2v) is 9.48. The fraction of sp³-hybridized carbons (Fsp3) is 1.00. The van der Waals surface area contributed by atoms with Gasteiger partial charge in [0.25, 0.3) is 0 Å². The molecule has 14 heavy (non-hydrogen) atoms. The van der Waals surface area contributed by atoms with Gasteiger partial charge in [0.1, 0.15) is 0 Å². The number of phosphoric acid groups is 1. The van der Waals surface area contributed by atoms with Crippen molar-refractivity contribution in [2.75, 3.05) is 25.4 Å². The monoisotopic (exact) mass is 252 g/mol. The minimum atomic E-state index is -5.00. The first-order valence-corrected chi connectivity index (χ1v) is 7.90. The van der Waals surface area contributed by atoms with Crippen molar-refractivity contribution >= 4 is 14.7 Å². The zero-order chi connectivity index (χ0) is 11.5. The molecule has 0 bridgehead atoms. The van der Waals surface area contributed by atoms with E-state index in [1.165, 1.54) is 0 Å². The first-order chi connectivity index (χ1) is 6.26. The normalized spacial score (nSPS) is 16.3. The van der Waals surface area contributed by atoms with Gasteiger partial charge in [0.15, 0.2) is 0 Å². The van der Waals surface area contributed by atoms with Crippen molar-refractivity contribution < 1.29 is 39.1 Å². The third-order valence-electron chi connectivity index (χ3n) is 1.77. The van der Waals surface area contributed by atoms with Gasteiger partial charge in [-0.1, -0.05) is 0 Å². The molecule has 8 nitrogen and oxygen atoms in total. The van der Waals surface area contributed by atoms with Crippen molar-refractivity contribution in [2.24, 2.45) is 0 Å². The second kappa shape index (κ2) is 4.49. The van der Waals surface area contributed by atoms with Gasteiger partial charge in [0.05, 0.1) is 0 Å². The van der Waals surface area contributed by atoms with E-state index in [1.807, 2.05) is 0 Å². The topological polar surface area (TPSA) is 148 Å². The van der Waals surface area contributed by atoms with Crippen LogP contribution in [0.5, 0.6) is 0 Å². The van der Waals surface area contributed by atoms with Crippen LogP contribution in [0.1, 0.15) is 0 Å². The molecule has 0 heterocycles. The fourth-order valence-corrected chi connectivity index (χ4v) is 4.44. The van der Waals surface area contributed by atoms with Gasteiger partial charge in [0.2, 0.25) is 0 Å². The molecule has 0 aromatic rings. The van der Waals surface area contributed by atoms with Crippen molar-refractivity contribution in [3.8, 4) is 0 Å². The van der Waals surface area contributed by atoms with Crippen LogP contribution in [0.15, 0.2) is 0 Å². The number of aliphatic hydroxyl groups is 4. The molecule has 0 spiro atoms. The molecule has 88 valence electrons. The summed E-state index contributed by atoms with van der Waals surface area (Å²) in [5.74, 6) is 0. The van der Waals surface area contributed by atoms with Crippen molar-refractivity contribution in [1.82, 2.24) is 0 Å². The van der Waals surface area contributed by atoms with Crippen molar-refractivity contribution in [2.45, 2.75) is 0 Å². The third kappa shape index (κ3) is 2.93. The van der Waals surface area contributed by atoms with Crippen molar-refractivity contribution in [1.29, 1.82) is 0 Å². The van der Waals surface area contributed by atoms with Gasteiger partial charge in [-0.05, 0) is 0 Å². The molecule has 0 atom stereocenters. The van der Waals surface area contributed by atoms with E-state index in [-0.39, 0.29) is 0 Å². The zero-order valence-electron chi connectivity index (χ0n) is 7.22. The van der Waals surface area contributed by atoms with E-state index in [4.69, 9.17) is 30.2 Å². The maximum atomic E-state index is 10.5. The zero-order valence-corrected chi connectivity index (χ0v) is 9.01. The first-order valence-electron chi connectivity index (χ1n) is 3.48. The molecule has 0 radical (unpaired) electrons. The molecule has 0 aliphatic heterocycles. The molecule has 0 aromatic carbocycles. The van der Waals surface area contributed by atoms with Gasteiger partial charge in [0, 0.05) is 0 Å². The SMILES string of the molecule is O=P(O)(O)OP(CO)(CO)(CO)CO. The molecular weight excluding hydrogens is 238 g/mol. The van der Waals surface area contributed by atoms with Gasteiger partial charge < -0.3 is 0 Å². The molecule has 0 fully saturated rings. The predicted octanol–water partition coefficient (Wildman–Crippen LogP) is -1.64. The number of hydrogen-bond donors (Lipinski definition) is 6. The summed E-state index contributed by atoms with van der Waals surface area (Å²) in [5, 5.41) is 35.6. The summed E-state index contributed by atoms with van der Waals surface area (Å²) in [6, 6.07) is 0. The Bertz CT molecular complexity index is 208. The van der Waals surface area contributed by atoms with Crippen LogP contribution < -0.4 is 0 Å². The standard InChI is InChI=1S/C4H14O8P2/c5-1-14(2-6,3-7,4-8)12-13(9,10)11/h5-8H,1-4H2,(H2,9,10,11). The average Bonchev–Trinajstić information content (AvgIpc) is 2.14. The number of aliphatic hydroxyl groups excluding tert-OH is 4. The quantitative estimate of drug-likeness (QED) is 0.308. The second-order valence-electron chi connectivity index (χ2n) is 3.00. The maximum absolute atomic E-state index is 10.5. The van der Waals surface area contributed by atoms with Gasteiger partial charge in [-0.3, -0.25) is 0 Å². The van der Waals surface area contributed by atoms with Gasteiger partial charge in [-0.25, -0.2) is 0 Å². The Morgan fingerprint density at radius 1 is 0.929 bits per heavy atom. The van der Waals surface area contributed by atoms with E-state index >= 15 is 0 Å². The van der Waals surface area contributed by atoms with Crippen LogP contribution in [0.4, 0.5) is 0 Å². The molecule has 0 amide bonds. The van der Waals surface area contributed by atoms with E-state index in [0.717, 1.165) is 0 Å². The molecule has 10 heteroatoms. The molecule has 0 aliphatic carbocycles. The summed E-state index contributed by atoms with van der Waals surface area (Å²) in [6.45, 7) is -4.39. The van der Waals surface area contributed by atoms with E-state index in [1.54, 1.807) is 0 Å². The number of hydrogen-bond acceptors (Lipinski definition) is 6. The van der Waals surface area contributed by atoms with Gasteiger partial charge in [-0.2, -0.15) is 0 Å². The average molecular weight is 252 g/mol. The van der Waals surface area contributed by atoms with Crippen LogP contribution in [0.25, 0.3) is 0 Å². The summed E-state index contributed by atoms with van der Waals surface area (Å²) < 4.78 is 14.8. The van der Waals surface area contributed by atoms with Crippen LogP contribution in [-0.4, -0.2) is 55.6 Å². The Labute approximate surface area is 80.0 Å². The summed E-state index contributed by atoms with van der Waals surface area (Å²) in [6.07, 6.45) is -4.05. The van der Waals surface area contributed by atoms with E-state index in [2.05, 4.69) is 4.31 Å². The van der Waals surface area contributed by atoms with Crippen molar-refractivity contribution in [3.05, 3.63) is 0 Å². The summed E-state index contributed by atoms with van der Waals surface area (Å²) >= 11 is 0. The molecule has 0 saturated carbocycles. The van der Waals surface area contributed by atoms with E-state index < -0.39 is 40.0 Å². The Kier molecular flexibility index (Phi) is 4.61. The van der Waals surface area contributed by atoms with Crippen LogP contribution in [0.2, 0.25) is 0 Å². The minimum absolute atomic E-state index is 1.01. The fourth-order valence-electron chi connectivity index (χ4n) is 0.672. The molecule has 0 unspecified atom stereocenters. The summed E-state index contributed by atoms with van der Waals surface area (Å²) in [4.78, 5) is 17.0. The predicted molar refractivity (Wildman–Crippen MR) is 48.4 cm³/mol. The number of rotatable bonds is 6. The molecule has 0 rings (SSSR count). The molecule has 0 aromatic heterocycles. The van der Waals surface area contributed by atoms with Crippen LogP contribution in [0, 0.1) is 0 Å².